The summed E-state index contributed by atoms with van der Waals surface area (Å²) >= 11 is 0. The Hall–Kier alpha value is -0.610. The Labute approximate surface area is 47.6 Å². The summed E-state index contributed by atoms with van der Waals surface area (Å²) in [5.41, 5.74) is 6.61. The second-order valence-electron chi connectivity index (χ2n) is 1.49. The predicted molar refractivity (Wildman–Crippen MR) is 28.2 cm³/mol. The van der Waals surface area contributed by atoms with Crippen LogP contribution in [0, 0.1) is 0 Å². The van der Waals surface area contributed by atoms with E-state index in [0.717, 1.165) is 0 Å². The number of hydroxylamine groups is 1. The second-order valence-corrected chi connectivity index (χ2v) is 1.49. The van der Waals surface area contributed by atoms with Crippen molar-refractivity contribution < 1.29 is 10.0 Å². The molecule has 0 aliphatic rings. The molecule has 0 aliphatic carbocycles. The van der Waals surface area contributed by atoms with Crippen molar-refractivity contribution in [3.8, 4) is 0 Å². The quantitative estimate of drug-likeness (QED) is 0.329. The number of hydrogen-bond acceptors (Lipinski definition) is 3. The Morgan fingerprint density at radius 1 is 2.00 bits per heavy atom. The highest BCUT2D eigenvalue weighted by atomic mass is 16.5. The molecule has 0 saturated carbocycles. The number of carbonyl (C=O) groups is 1. The van der Waals surface area contributed by atoms with E-state index in [1.807, 2.05) is 0 Å². The van der Waals surface area contributed by atoms with Crippen LogP contribution in [-0.4, -0.2) is 17.2 Å². The standard InChI is InChI=1S/C4H10N2O2/c1-2-3(5)4(7)6-8/h3,8H,2,5H2,1H3,(H,6,7)/t3-/m1/s1. The van der Waals surface area contributed by atoms with E-state index in [1.165, 1.54) is 5.48 Å². The summed E-state index contributed by atoms with van der Waals surface area (Å²) in [4.78, 5) is 10.3. The van der Waals surface area contributed by atoms with Gasteiger partial charge in [0, 0.05) is 0 Å². The third-order valence-corrected chi connectivity index (χ3v) is 0.887. The van der Waals surface area contributed by atoms with Crippen LogP contribution < -0.4 is 11.2 Å². The molecule has 0 unspecified atom stereocenters. The summed E-state index contributed by atoms with van der Waals surface area (Å²) in [5, 5.41) is 7.96. The summed E-state index contributed by atoms with van der Waals surface area (Å²) in [6.45, 7) is 1.76. The summed E-state index contributed by atoms with van der Waals surface area (Å²) in [6, 6.07) is -0.583. The van der Waals surface area contributed by atoms with Crippen LogP contribution in [-0.2, 0) is 4.79 Å². The van der Waals surface area contributed by atoms with E-state index in [-0.39, 0.29) is 0 Å². The van der Waals surface area contributed by atoms with E-state index in [2.05, 4.69) is 0 Å². The van der Waals surface area contributed by atoms with Gasteiger partial charge < -0.3 is 5.73 Å². The smallest absolute Gasteiger partial charge is 0.260 e. The summed E-state index contributed by atoms with van der Waals surface area (Å²) in [6.07, 6.45) is 0.534. The van der Waals surface area contributed by atoms with Crippen LogP contribution in [0.15, 0.2) is 0 Å². The van der Waals surface area contributed by atoms with E-state index < -0.39 is 11.9 Å². The highest BCUT2D eigenvalue weighted by molar-refractivity contribution is 5.80. The fourth-order valence-electron chi connectivity index (χ4n) is 0.268. The van der Waals surface area contributed by atoms with Crippen molar-refractivity contribution in [2.24, 2.45) is 5.73 Å². The number of nitrogens with one attached hydrogen (secondary N) is 1. The maximum Gasteiger partial charge on any atom is 0.260 e. The Morgan fingerprint density at radius 3 is 2.62 bits per heavy atom. The van der Waals surface area contributed by atoms with Gasteiger partial charge in [0.15, 0.2) is 0 Å². The van der Waals surface area contributed by atoms with Gasteiger partial charge in [-0.2, -0.15) is 0 Å². The fourth-order valence-corrected chi connectivity index (χ4v) is 0.268. The van der Waals surface area contributed by atoms with Gasteiger partial charge in [-0.15, -0.1) is 0 Å². The Kier molecular flexibility index (Phi) is 3.14. The third-order valence-electron chi connectivity index (χ3n) is 0.887. The van der Waals surface area contributed by atoms with Gasteiger partial charge in [0.1, 0.15) is 0 Å². The lowest BCUT2D eigenvalue weighted by Gasteiger charge is -2.02. The monoisotopic (exact) mass is 118 g/mol. The molecule has 4 heteroatoms. The third kappa shape index (κ3) is 1.90. The minimum Gasteiger partial charge on any atom is -0.320 e. The molecule has 0 aromatic carbocycles. The minimum atomic E-state index is -0.583. The van der Waals surface area contributed by atoms with Gasteiger partial charge in [0.05, 0.1) is 6.04 Å². The maximum absolute atomic E-state index is 10.3. The summed E-state index contributed by atoms with van der Waals surface area (Å²) in [7, 11) is 0. The normalized spacial score (nSPS) is 12.9. The van der Waals surface area contributed by atoms with Crippen molar-refractivity contribution in [3.63, 3.8) is 0 Å². The highest BCUT2D eigenvalue weighted by Crippen LogP contribution is 1.82. The number of nitrogens with two attached hydrogens (primary N) is 1. The highest BCUT2D eigenvalue weighted by Gasteiger charge is 2.07. The van der Waals surface area contributed by atoms with Crippen molar-refractivity contribution in [1.29, 1.82) is 0 Å². The first-order chi connectivity index (χ1) is 3.72. The van der Waals surface area contributed by atoms with Crippen molar-refractivity contribution in [1.82, 2.24) is 5.48 Å². The molecule has 0 radical (unpaired) electrons. The molecule has 0 aromatic heterocycles. The second kappa shape index (κ2) is 3.40. The van der Waals surface area contributed by atoms with Gasteiger partial charge in [-0.05, 0) is 6.42 Å². The van der Waals surface area contributed by atoms with Gasteiger partial charge >= 0.3 is 0 Å². The zero-order valence-electron chi connectivity index (χ0n) is 4.72. The molecule has 1 amide bonds. The Bertz CT molecular complexity index is 84.1. The molecule has 0 heterocycles. The van der Waals surface area contributed by atoms with Gasteiger partial charge in [-0.3, -0.25) is 10.0 Å². The van der Waals surface area contributed by atoms with E-state index in [1.54, 1.807) is 6.92 Å². The molecule has 48 valence electrons. The topological polar surface area (TPSA) is 75.4 Å². The van der Waals surface area contributed by atoms with Gasteiger partial charge in [0.25, 0.3) is 5.91 Å². The van der Waals surface area contributed by atoms with Crippen LogP contribution in [0.1, 0.15) is 13.3 Å². The van der Waals surface area contributed by atoms with E-state index in [4.69, 9.17) is 10.9 Å². The predicted octanol–water partition coefficient (Wildman–Crippen LogP) is -0.771. The molecule has 0 rings (SSSR count). The lowest BCUT2D eigenvalue weighted by atomic mass is 10.2. The first-order valence-corrected chi connectivity index (χ1v) is 2.42. The number of rotatable bonds is 2. The molecular formula is C4H10N2O2. The Morgan fingerprint density at radius 2 is 2.50 bits per heavy atom. The van der Waals surface area contributed by atoms with Crippen molar-refractivity contribution in [3.05, 3.63) is 0 Å². The molecule has 1 atom stereocenters. The molecular weight excluding hydrogens is 108 g/mol. The average Bonchev–Trinajstić information content (AvgIpc) is 1.84. The van der Waals surface area contributed by atoms with Gasteiger partial charge in [-0.1, -0.05) is 6.92 Å². The van der Waals surface area contributed by atoms with Crippen LogP contribution in [0.25, 0.3) is 0 Å². The first kappa shape index (κ1) is 7.39. The molecule has 0 aromatic rings. The van der Waals surface area contributed by atoms with Crippen molar-refractivity contribution >= 4 is 5.91 Å². The zero-order chi connectivity index (χ0) is 6.57. The minimum absolute atomic E-state index is 0.534. The molecule has 0 bridgehead atoms. The van der Waals surface area contributed by atoms with Crippen LogP contribution in [0.2, 0.25) is 0 Å². The van der Waals surface area contributed by atoms with Gasteiger partial charge in [0.2, 0.25) is 0 Å². The largest absolute Gasteiger partial charge is 0.320 e. The maximum atomic E-state index is 10.3. The number of amides is 1. The number of hydrogen-bond donors (Lipinski definition) is 3. The molecule has 4 N–H and O–H groups in total. The SMILES string of the molecule is CC[C@@H](N)C(=O)NO. The molecule has 4 nitrogen and oxygen atoms in total. The summed E-state index contributed by atoms with van der Waals surface area (Å²) < 4.78 is 0. The van der Waals surface area contributed by atoms with Crippen molar-refractivity contribution in [2.75, 3.05) is 0 Å². The Balaban J connectivity index is 3.46. The summed E-state index contributed by atoms with van der Waals surface area (Å²) in [5.74, 6) is -0.535. The molecule has 8 heavy (non-hydrogen) atoms. The fraction of sp³-hybridized carbons (Fsp3) is 0.750. The zero-order valence-corrected chi connectivity index (χ0v) is 4.72. The van der Waals surface area contributed by atoms with E-state index in [0.29, 0.717) is 6.42 Å². The van der Waals surface area contributed by atoms with E-state index in [9.17, 15) is 4.79 Å². The molecule has 0 spiro atoms. The molecule has 0 saturated heterocycles. The lowest BCUT2D eigenvalue weighted by Crippen LogP contribution is -2.38. The van der Waals surface area contributed by atoms with E-state index >= 15 is 0 Å². The van der Waals surface area contributed by atoms with Crippen LogP contribution >= 0.6 is 0 Å². The van der Waals surface area contributed by atoms with Crippen LogP contribution in [0.4, 0.5) is 0 Å². The van der Waals surface area contributed by atoms with Gasteiger partial charge in [-0.25, -0.2) is 5.48 Å². The lowest BCUT2D eigenvalue weighted by molar-refractivity contribution is -0.130. The van der Waals surface area contributed by atoms with Crippen LogP contribution in [0.3, 0.4) is 0 Å². The average molecular weight is 118 g/mol. The first-order valence-electron chi connectivity index (χ1n) is 2.42. The molecule has 0 aliphatic heterocycles. The van der Waals surface area contributed by atoms with Crippen LogP contribution in [0.5, 0.6) is 0 Å². The number of carbonyl (C=O) groups excluding carboxylic acids is 1. The van der Waals surface area contributed by atoms with Crippen molar-refractivity contribution in [2.45, 2.75) is 19.4 Å². The molecule has 0 fully saturated rings.